The van der Waals surface area contributed by atoms with Gasteiger partial charge in [-0.05, 0) is 44.1 Å². The minimum Gasteiger partial charge on any atom is -0.359 e. The van der Waals surface area contributed by atoms with Crippen LogP contribution in [0.5, 0.6) is 0 Å². The third-order valence-electron chi connectivity index (χ3n) is 6.20. The number of thiazole rings is 1. The van der Waals surface area contributed by atoms with Gasteiger partial charge in [-0.2, -0.15) is 12.7 Å². The molecule has 2 aliphatic rings. The van der Waals surface area contributed by atoms with E-state index in [2.05, 4.69) is 34.3 Å². The SMILES string of the molecule is CCN(CC)S(=O)(=O)NCC1CCC(Nc2nc3c(s2)CCSc2ccccc2-3)CC1. The van der Waals surface area contributed by atoms with Gasteiger partial charge in [-0.25, -0.2) is 9.71 Å². The van der Waals surface area contributed by atoms with Gasteiger partial charge in [0.2, 0.25) is 0 Å². The Bertz CT molecular complexity index is 980. The van der Waals surface area contributed by atoms with Crippen LogP contribution in [0.1, 0.15) is 44.4 Å². The molecule has 0 spiro atoms. The van der Waals surface area contributed by atoms with Gasteiger partial charge in [0.25, 0.3) is 10.2 Å². The van der Waals surface area contributed by atoms with E-state index in [-0.39, 0.29) is 0 Å². The molecule has 1 aromatic carbocycles. The summed E-state index contributed by atoms with van der Waals surface area (Å²) in [5, 5.41) is 4.70. The summed E-state index contributed by atoms with van der Waals surface area (Å²) in [6, 6.07) is 8.98. The number of aryl methyl sites for hydroxylation is 1. The average Bonchev–Trinajstić information content (AvgIpc) is 3.08. The normalized spacial score (nSPS) is 21.4. The van der Waals surface area contributed by atoms with Gasteiger partial charge in [0.1, 0.15) is 0 Å². The molecule has 1 aromatic heterocycles. The van der Waals surface area contributed by atoms with E-state index in [0.29, 0.717) is 31.6 Å². The summed E-state index contributed by atoms with van der Waals surface area (Å²) in [7, 11) is -3.36. The zero-order valence-electron chi connectivity index (χ0n) is 18.3. The molecule has 1 fully saturated rings. The van der Waals surface area contributed by atoms with E-state index in [4.69, 9.17) is 4.98 Å². The summed E-state index contributed by atoms with van der Waals surface area (Å²) in [4.78, 5) is 7.67. The minimum atomic E-state index is -3.36. The predicted molar refractivity (Wildman–Crippen MR) is 131 cm³/mol. The molecule has 1 saturated carbocycles. The number of thioether (sulfide) groups is 1. The van der Waals surface area contributed by atoms with Gasteiger partial charge in [-0.3, -0.25) is 0 Å². The summed E-state index contributed by atoms with van der Waals surface area (Å²) in [6.07, 6.45) is 5.22. The number of fused-ring (bicyclic) bond motifs is 3. The van der Waals surface area contributed by atoms with Gasteiger partial charge in [-0.15, -0.1) is 23.1 Å². The van der Waals surface area contributed by atoms with Crippen molar-refractivity contribution in [1.29, 1.82) is 0 Å². The lowest BCUT2D eigenvalue weighted by Gasteiger charge is -2.29. The number of hydrogen-bond acceptors (Lipinski definition) is 6. The number of nitrogens with one attached hydrogen (secondary N) is 2. The summed E-state index contributed by atoms with van der Waals surface area (Å²) in [5.74, 6) is 1.50. The summed E-state index contributed by atoms with van der Waals surface area (Å²) < 4.78 is 29.0. The number of nitrogens with zero attached hydrogens (tertiary/aromatic N) is 2. The van der Waals surface area contributed by atoms with Crippen LogP contribution in [-0.2, 0) is 16.6 Å². The lowest BCUT2D eigenvalue weighted by Crippen LogP contribution is -2.43. The second-order valence-electron chi connectivity index (χ2n) is 8.19. The van der Waals surface area contributed by atoms with Crippen molar-refractivity contribution in [2.75, 3.05) is 30.7 Å². The molecule has 2 heterocycles. The maximum absolute atomic E-state index is 12.3. The molecule has 9 heteroatoms. The Kier molecular flexibility index (Phi) is 7.59. The van der Waals surface area contributed by atoms with Crippen molar-refractivity contribution in [2.45, 2.75) is 56.9 Å². The molecule has 0 amide bonds. The molecule has 0 radical (unpaired) electrons. The van der Waals surface area contributed by atoms with Crippen molar-refractivity contribution in [3.63, 3.8) is 0 Å². The second kappa shape index (κ2) is 10.2. The Balaban J connectivity index is 1.32. The van der Waals surface area contributed by atoms with Crippen LogP contribution in [0.2, 0.25) is 0 Å². The minimum absolute atomic E-state index is 0.403. The molecule has 2 N–H and O–H groups in total. The first kappa shape index (κ1) is 23.0. The van der Waals surface area contributed by atoms with Crippen molar-refractivity contribution in [2.24, 2.45) is 5.92 Å². The number of rotatable bonds is 8. The monoisotopic (exact) mass is 480 g/mol. The van der Waals surface area contributed by atoms with Crippen molar-refractivity contribution in [3.8, 4) is 11.3 Å². The number of aromatic nitrogens is 1. The Morgan fingerprint density at radius 2 is 1.87 bits per heavy atom. The molecule has 0 saturated heterocycles. The van der Waals surface area contributed by atoms with Gasteiger partial charge in [0, 0.05) is 46.8 Å². The molecule has 2 aromatic rings. The maximum atomic E-state index is 12.3. The maximum Gasteiger partial charge on any atom is 0.279 e. The van der Waals surface area contributed by atoms with E-state index >= 15 is 0 Å². The van der Waals surface area contributed by atoms with Gasteiger partial charge < -0.3 is 5.32 Å². The van der Waals surface area contributed by atoms with E-state index in [9.17, 15) is 8.42 Å². The Labute approximate surface area is 194 Å². The molecule has 0 atom stereocenters. The molecule has 31 heavy (non-hydrogen) atoms. The summed E-state index contributed by atoms with van der Waals surface area (Å²) in [5.41, 5.74) is 2.40. The van der Waals surface area contributed by atoms with Crippen molar-refractivity contribution in [1.82, 2.24) is 14.0 Å². The van der Waals surface area contributed by atoms with Gasteiger partial charge in [0.15, 0.2) is 5.13 Å². The summed E-state index contributed by atoms with van der Waals surface area (Å²) >= 11 is 3.71. The molecule has 6 nitrogen and oxygen atoms in total. The fraction of sp³-hybridized carbons (Fsp3) is 0.591. The van der Waals surface area contributed by atoms with Gasteiger partial charge in [-0.1, -0.05) is 32.0 Å². The van der Waals surface area contributed by atoms with E-state index < -0.39 is 10.2 Å². The Hall–Kier alpha value is -1.13. The van der Waals surface area contributed by atoms with Crippen LogP contribution in [-0.4, -0.2) is 49.1 Å². The smallest absolute Gasteiger partial charge is 0.279 e. The van der Waals surface area contributed by atoms with Crippen molar-refractivity contribution < 1.29 is 8.42 Å². The van der Waals surface area contributed by atoms with E-state index in [1.165, 1.54) is 19.6 Å². The zero-order valence-corrected chi connectivity index (χ0v) is 20.7. The van der Waals surface area contributed by atoms with Crippen LogP contribution in [0, 0.1) is 5.92 Å². The third-order valence-corrected chi connectivity index (χ3v) is 10.0. The highest BCUT2D eigenvalue weighted by atomic mass is 32.2. The highest BCUT2D eigenvalue weighted by molar-refractivity contribution is 7.99. The average molecular weight is 481 g/mol. The predicted octanol–water partition coefficient (Wildman–Crippen LogP) is 4.61. The molecule has 170 valence electrons. The molecule has 1 aliphatic carbocycles. The number of benzene rings is 1. The fourth-order valence-electron chi connectivity index (χ4n) is 4.40. The molecule has 0 bridgehead atoms. The fourth-order valence-corrected chi connectivity index (χ4v) is 7.91. The first-order valence-electron chi connectivity index (χ1n) is 11.2. The van der Waals surface area contributed by atoms with Crippen molar-refractivity contribution >= 4 is 38.4 Å². The Morgan fingerprint density at radius 1 is 1.13 bits per heavy atom. The number of anilines is 1. The molecular formula is C22H32N4O2S3. The van der Waals surface area contributed by atoms with E-state index in [1.54, 1.807) is 11.3 Å². The zero-order chi connectivity index (χ0) is 21.8. The lowest BCUT2D eigenvalue weighted by molar-refractivity contribution is 0.333. The largest absolute Gasteiger partial charge is 0.359 e. The summed E-state index contributed by atoms with van der Waals surface area (Å²) in [6.45, 7) is 5.28. The lowest BCUT2D eigenvalue weighted by atomic mass is 9.86. The van der Waals surface area contributed by atoms with E-state index in [1.807, 2.05) is 25.6 Å². The highest BCUT2D eigenvalue weighted by Gasteiger charge is 2.26. The van der Waals surface area contributed by atoms with Crippen LogP contribution >= 0.6 is 23.1 Å². The van der Waals surface area contributed by atoms with Crippen LogP contribution in [0.4, 0.5) is 5.13 Å². The van der Waals surface area contributed by atoms with Crippen molar-refractivity contribution in [3.05, 3.63) is 29.1 Å². The standard InChI is InChI=1S/C22H32N4O2S3/c1-3-26(4-2)31(27,28)23-15-16-9-11-17(12-10-16)24-22-25-21-18-7-5-6-8-19(18)29-14-13-20(21)30-22/h5-8,16-17,23H,3-4,9-15H2,1-2H3,(H,24,25). The number of hydrogen-bond donors (Lipinski definition) is 2. The topological polar surface area (TPSA) is 74.3 Å². The molecular weight excluding hydrogens is 448 g/mol. The van der Waals surface area contributed by atoms with Crippen LogP contribution in [0.3, 0.4) is 0 Å². The first-order chi connectivity index (χ1) is 15.0. The van der Waals surface area contributed by atoms with Gasteiger partial charge in [0.05, 0.1) is 5.69 Å². The third kappa shape index (κ3) is 5.45. The Morgan fingerprint density at radius 3 is 2.61 bits per heavy atom. The van der Waals surface area contributed by atoms with Crippen LogP contribution < -0.4 is 10.0 Å². The quantitative estimate of drug-likeness (QED) is 0.577. The highest BCUT2D eigenvalue weighted by Crippen LogP contribution is 2.41. The first-order valence-corrected chi connectivity index (χ1v) is 14.5. The van der Waals surface area contributed by atoms with Gasteiger partial charge >= 0.3 is 0 Å². The second-order valence-corrected chi connectivity index (χ2v) is 12.2. The molecule has 0 unspecified atom stereocenters. The molecule has 1 aliphatic heterocycles. The van der Waals surface area contributed by atoms with Crippen LogP contribution in [0.15, 0.2) is 29.2 Å². The molecule has 4 rings (SSSR count). The van der Waals surface area contributed by atoms with E-state index in [0.717, 1.165) is 48.7 Å². The van der Waals surface area contributed by atoms with Crippen LogP contribution in [0.25, 0.3) is 11.3 Å².